The van der Waals surface area contributed by atoms with Gasteiger partial charge in [0.25, 0.3) is 5.91 Å². The van der Waals surface area contributed by atoms with Crippen LogP contribution in [0.15, 0.2) is 18.3 Å². The number of amides is 1. The van der Waals surface area contributed by atoms with Gasteiger partial charge in [0.15, 0.2) is 6.61 Å². The van der Waals surface area contributed by atoms with Crippen molar-refractivity contribution in [2.75, 3.05) is 11.9 Å². The Morgan fingerprint density at radius 1 is 1.22 bits per heavy atom. The highest BCUT2D eigenvalue weighted by Gasteiger charge is 2.16. The van der Waals surface area contributed by atoms with E-state index in [2.05, 4.69) is 20.3 Å². The van der Waals surface area contributed by atoms with E-state index in [0.29, 0.717) is 5.95 Å². The Balaban J connectivity index is 1.63. The van der Waals surface area contributed by atoms with Gasteiger partial charge in [-0.05, 0) is 51.7 Å². The molecule has 2 heterocycles. The highest BCUT2D eigenvalue weighted by atomic mass is 16.5. The lowest BCUT2D eigenvalue weighted by atomic mass is 9.95. The van der Waals surface area contributed by atoms with Crippen LogP contribution >= 0.6 is 0 Å². The zero-order valence-electron chi connectivity index (χ0n) is 13.4. The van der Waals surface area contributed by atoms with E-state index in [0.717, 1.165) is 54.1 Å². The van der Waals surface area contributed by atoms with Gasteiger partial charge in [-0.3, -0.25) is 15.1 Å². The van der Waals surface area contributed by atoms with Crippen LogP contribution in [0, 0.1) is 13.8 Å². The summed E-state index contributed by atoms with van der Waals surface area (Å²) in [5, 5.41) is 2.67. The van der Waals surface area contributed by atoms with E-state index in [1.165, 1.54) is 0 Å². The molecular weight excluding hydrogens is 292 g/mol. The molecule has 1 N–H and O–H groups in total. The lowest BCUT2D eigenvalue weighted by molar-refractivity contribution is -0.118. The van der Waals surface area contributed by atoms with E-state index in [-0.39, 0.29) is 12.5 Å². The Morgan fingerprint density at radius 3 is 2.74 bits per heavy atom. The van der Waals surface area contributed by atoms with Crippen LogP contribution < -0.4 is 10.1 Å². The number of rotatable bonds is 4. The first-order chi connectivity index (χ1) is 11.1. The van der Waals surface area contributed by atoms with Crippen LogP contribution in [0.3, 0.4) is 0 Å². The van der Waals surface area contributed by atoms with Crippen molar-refractivity contribution >= 4 is 11.9 Å². The Kier molecular flexibility index (Phi) is 4.50. The molecule has 120 valence electrons. The van der Waals surface area contributed by atoms with Gasteiger partial charge in [-0.25, -0.2) is 9.97 Å². The fourth-order valence-corrected chi connectivity index (χ4v) is 2.81. The van der Waals surface area contributed by atoms with Gasteiger partial charge in [0.2, 0.25) is 5.95 Å². The Labute approximate surface area is 135 Å². The number of nitrogens with one attached hydrogen (secondary N) is 1. The van der Waals surface area contributed by atoms with E-state index in [1.54, 1.807) is 6.20 Å². The first kappa shape index (κ1) is 15.4. The van der Waals surface area contributed by atoms with Crippen molar-refractivity contribution in [2.45, 2.75) is 39.5 Å². The summed E-state index contributed by atoms with van der Waals surface area (Å²) in [7, 11) is 0. The number of carbonyl (C=O) groups excluding carboxylic acids is 1. The first-order valence-corrected chi connectivity index (χ1v) is 7.83. The van der Waals surface area contributed by atoms with Gasteiger partial charge in [-0.1, -0.05) is 0 Å². The van der Waals surface area contributed by atoms with Gasteiger partial charge < -0.3 is 4.74 Å². The second-order valence-corrected chi connectivity index (χ2v) is 5.75. The number of hydrogen-bond donors (Lipinski definition) is 1. The van der Waals surface area contributed by atoms with Crippen LogP contribution in [-0.4, -0.2) is 27.5 Å². The third kappa shape index (κ3) is 3.83. The predicted octanol–water partition coefficient (Wildman–Crippen LogP) is 2.38. The SMILES string of the molecule is Cc1cc(C)nc(NC(=O)COc2ccnc3c2CCCC3)n1. The van der Waals surface area contributed by atoms with Crippen LogP contribution in [0.4, 0.5) is 5.95 Å². The third-order valence-electron chi connectivity index (χ3n) is 3.78. The number of pyridine rings is 1. The molecule has 6 heteroatoms. The van der Waals surface area contributed by atoms with E-state index in [1.807, 2.05) is 26.0 Å². The van der Waals surface area contributed by atoms with E-state index in [9.17, 15) is 4.79 Å². The monoisotopic (exact) mass is 312 g/mol. The number of anilines is 1. The maximum absolute atomic E-state index is 12.0. The molecule has 0 spiro atoms. The van der Waals surface area contributed by atoms with E-state index in [4.69, 9.17) is 4.74 Å². The molecule has 0 radical (unpaired) electrons. The highest BCUT2D eigenvalue weighted by Crippen LogP contribution is 2.27. The fourth-order valence-electron chi connectivity index (χ4n) is 2.81. The second-order valence-electron chi connectivity index (χ2n) is 5.75. The van der Waals surface area contributed by atoms with Crippen molar-refractivity contribution in [2.24, 2.45) is 0 Å². The molecule has 1 aliphatic carbocycles. The standard InChI is InChI=1S/C17H20N4O2/c1-11-9-12(2)20-17(19-11)21-16(22)10-23-15-7-8-18-14-6-4-3-5-13(14)15/h7-9H,3-6,10H2,1-2H3,(H,19,20,21,22). The number of aryl methyl sites for hydroxylation is 3. The van der Waals surface area contributed by atoms with Crippen LogP contribution in [-0.2, 0) is 17.6 Å². The second kappa shape index (κ2) is 6.73. The topological polar surface area (TPSA) is 77.0 Å². The number of fused-ring (bicyclic) bond motifs is 1. The fraction of sp³-hybridized carbons (Fsp3) is 0.412. The van der Waals surface area contributed by atoms with Crippen molar-refractivity contribution < 1.29 is 9.53 Å². The quantitative estimate of drug-likeness (QED) is 0.938. The summed E-state index contributed by atoms with van der Waals surface area (Å²) < 4.78 is 5.69. The number of hydrogen-bond acceptors (Lipinski definition) is 5. The molecular formula is C17H20N4O2. The zero-order chi connectivity index (χ0) is 16.2. The Bertz CT molecular complexity index is 710. The molecule has 2 aromatic heterocycles. The normalized spacial score (nSPS) is 13.3. The van der Waals surface area contributed by atoms with Gasteiger partial charge in [-0.15, -0.1) is 0 Å². The summed E-state index contributed by atoms with van der Waals surface area (Å²) in [6, 6.07) is 3.68. The Hall–Kier alpha value is -2.50. The van der Waals surface area contributed by atoms with Gasteiger partial charge >= 0.3 is 0 Å². The molecule has 23 heavy (non-hydrogen) atoms. The zero-order valence-corrected chi connectivity index (χ0v) is 13.4. The molecule has 0 saturated heterocycles. The first-order valence-electron chi connectivity index (χ1n) is 7.83. The summed E-state index contributed by atoms with van der Waals surface area (Å²) in [6.45, 7) is 3.67. The predicted molar refractivity (Wildman–Crippen MR) is 86.5 cm³/mol. The minimum Gasteiger partial charge on any atom is -0.483 e. The smallest absolute Gasteiger partial charge is 0.264 e. The highest BCUT2D eigenvalue weighted by molar-refractivity contribution is 5.90. The number of ether oxygens (including phenoxy) is 1. The van der Waals surface area contributed by atoms with Crippen LogP contribution in [0.2, 0.25) is 0 Å². The van der Waals surface area contributed by atoms with Crippen LogP contribution in [0.25, 0.3) is 0 Å². The largest absolute Gasteiger partial charge is 0.483 e. The van der Waals surface area contributed by atoms with Crippen LogP contribution in [0.5, 0.6) is 5.75 Å². The lowest BCUT2D eigenvalue weighted by Crippen LogP contribution is -2.22. The van der Waals surface area contributed by atoms with Gasteiger partial charge in [-0.2, -0.15) is 0 Å². The van der Waals surface area contributed by atoms with Gasteiger partial charge in [0.05, 0.1) is 0 Å². The van der Waals surface area contributed by atoms with Crippen molar-refractivity contribution in [3.05, 3.63) is 41.0 Å². The molecule has 6 nitrogen and oxygen atoms in total. The molecule has 0 atom stereocenters. The third-order valence-corrected chi connectivity index (χ3v) is 3.78. The molecule has 0 aliphatic heterocycles. The lowest BCUT2D eigenvalue weighted by Gasteiger charge is -2.18. The van der Waals surface area contributed by atoms with Gasteiger partial charge in [0.1, 0.15) is 5.75 Å². The molecule has 0 aromatic carbocycles. The summed E-state index contributed by atoms with van der Waals surface area (Å²) in [5.74, 6) is 0.801. The molecule has 1 amide bonds. The number of carbonyl (C=O) groups is 1. The average Bonchev–Trinajstić information content (AvgIpc) is 2.52. The molecule has 0 bridgehead atoms. The molecule has 0 saturated carbocycles. The summed E-state index contributed by atoms with van der Waals surface area (Å²) in [5.41, 5.74) is 3.86. The summed E-state index contributed by atoms with van der Waals surface area (Å²) in [4.78, 5) is 24.8. The summed E-state index contributed by atoms with van der Waals surface area (Å²) >= 11 is 0. The van der Waals surface area contributed by atoms with Gasteiger partial charge in [0, 0.05) is 28.8 Å². The average molecular weight is 312 g/mol. The number of nitrogens with zero attached hydrogens (tertiary/aromatic N) is 3. The minimum absolute atomic E-state index is 0.0627. The minimum atomic E-state index is -0.267. The maximum Gasteiger partial charge on any atom is 0.264 e. The maximum atomic E-state index is 12.0. The van der Waals surface area contributed by atoms with Crippen molar-refractivity contribution in [3.8, 4) is 5.75 Å². The van der Waals surface area contributed by atoms with Crippen LogP contribution in [0.1, 0.15) is 35.5 Å². The molecule has 1 aliphatic rings. The van der Waals surface area contributed by atoms with Crippen molar-refractivity contribution in [1.29, 1.82) is 0 Å². The summed E-state index contributed by atoms with van der Waals surface area (Å²) in [6.07, 6.45) is 5.98. The van der Waals surface area contributed by atoms with Crippen molar-refractivity contribution in [1.82, 2.24) is 15.0 Å². The van der Waals surface area contributed by atoms with Crippen molar-refractivity contribution in [3.63, 3.8) is 0 Å². The molecule has 0 fully saturated rings. The van der Waals surface area contributed by atoms with E-state index < -0.39 is 0 Å². The number of aromatic nitrogens is 3. The molecule has 0 unspecified atom stereocenters. The Morgan fingerprint density at radius 2 is 1.96 bits per heavy atom. The molecule has 2 aromatic rings. The molecule has 3 rings (SSSR count). The van der Waals surface area contributed by atoms with E-state index >= 15 is 0 Å².